The molecule has 0 fully saturated rings. The third-order valence-corrected chi connectivity index (χ3v) is 5.25. The fourth-order valence-electron chi connectivity index (χ4n) is 2.88. The normalized spacial score (nSPS) is 11.8. The van der Waals surface area contributed by atoms with Crippen LogP contribution >= 0.6 is 11.6 Å². The van der Waals surface area contributed by atoms with Gasteiger partial charge in [0.15, 0.2) is 0 Å². The zero-order valence-electron chi connectivity index (χ0n) is 15.7. The van der Waals surface area contributed by atoms with E-state index in [-0.39, 0.29) is 32.8 Å². The Labute approximate surface area is 183 Å². The number of ether oxygens (including phenoxy) is 1. The summed E-state index contributed by atoms with van der Waals surface area (Å²) in [7, 11) is 0. The molecule has 0 aliphatic rings. The van der Waals surface area contributed by atoms with Gasteiger partial charge in [0.2, 0.25) is 5.88 Å². The first kappa shape index (κ1) is 20.9. The molecule has 4 aromatic rings. The van der Waals surface area contributed by atoms with Gasteiger partial charge in [-0.25, -0.2) is 9.37 Å². The lowest BCUT2D eigenvalue weighted by molar-refractivity contribution is 0.102. The van der Waals surface area contributed by atoms with Crippen molar-refractivity contribution in [3.05, 3.63) is 89.2 Å². The summed E-state index contributed by atoms with van der Waals surface area (Å²) in [5, 5.41) is 3.36. The van der Waals surface area contributed by atoms with Gasteiger partial charge >= 0.3 is 0 Å². The van der Waals surface area contributed by atoms with Gasteiger partial charge in [-0.1, -0.05) is 35.9 Å². The molecular formula is C22H13ClFN2O4S-. The third kappa shape index (κ3) is 4.72. The Bertz CT molecular complexity index is 1330. The number of carbonyl (C=O) groups is 1. The quantitative estimate of drug-likeness (QED) is 0.412. The van der Waals surface area contributed by atoms with Gasteiger partial charge in [0.25, 0.3) is 5.91 Å². The average Bonchev–Trinajstić information content (AvgIpc) is 2.75. The number of aromatic nitrogens is 1. The second kappa shape index (κ2) is 8.81. The van der Waals surface area contributed by atoms with Gasteiger partial charge in [-0.2, -0.15) is 0 Å². The summed E-state index contributed by atoms with van der Waals surface area (Å²) in [6.45, 7) is 0. The molecule has 1 unspecified atom stereocenters. The van der Waals surface area contributed by atoms with Gasteiger partial charge in [-0.05, 0) is 59.6 Å². The Morgan fingerprint density at radius 3 is 2.65 bits per heavy atom. The minimum absolute atomic E-state index is 0.0203. The van der Waals surface area contributed by atoms with Crippen molar-refractivity contribution in [2.45, 2.75) is 4.90 Å². The molecule has 0 saturated heterocycles. The molecule has 3 aromatic carbocycles. The molecule has 4 rings (SSSR count). The van der Waals surface area contributed by atoms with Crippen LogP contribution in [0.25, 0.3) is 10.9 Å². The van der Waals surface area contributed by atoms with E-state index in [0.717, 1.165) is 6.07 Å². The Balaban J connectivity index is 1.74. The van der Waals surface area contributed by atoms with Crippen LogP contribution in [0.15, 0.2) is 77.7 Å². The molecule has 156 valence electrons. The maximum atomic E-state index is 13.4. The number of benzene rings is 3. The molecule has 0 aliphatic heterocycles. The molecule has 0 bridgehead atoms. The van der Waals surface area contributed by atoms with Gasteiger partial charge in [-0.3, -0.25) is 9.00 Å². The molecule has 1 heterocycles. The summed E-state index contributed by atoms with van der Waals surface area (Å²) in [5.74, 6) is -1.00. The van der Waals surface area contributed by atoms with Gasteiger partial charge in [0.1, 0.15) is 17.1 Å². The zero-order chi connectivity index (χ0) is 22.0. The van der Waals surface area contributed by atoms with E-state index in [1.165, 1.54) is 30.3 Å². The summed E-state index contributed by atoms with van der Waals surface area (Å²) in [6.07, 6.45) is 0. The van der Waals surface area contributed by atoms with Crippen LogP contribution in [0.2, 0.25) is 5.02 Å². The van der Waals surface area contributed by atoms with Crippen LogP contribution in [-0.4, -0.2) is 19.7 Å². The molecular weight excluding hydrogens is 443 g/mol. The molecule has 9 heteroatoms. The summed E-state index contributed by atoms with van der Waals surface area (Å²) < 4.78 is 41.5. The Morgan fingerprint density at radius 2 is 1.87 bits per heavy atom. The Kier molecular flexibility index (Phi) is 5.94. The predicted molar refractivity (Wildman–Crippen MR) is 115 cm³/mol. The number of rotatable bonds is 5. The molecule has 31 heavy (non-hydrogen) atoms. The first-order valence-electron chi connectivity index (χ1n) is 8.94. The lowest BCUT2D eigenvalue weighted by atomic mass is 10.1. The number of nitrogens with zero attached hydrogens (tertiary/aromatic N) is 1. The first-order valence-corrected chi connectivity index (χ1v) is 10.4. The first-order chi connectivity index (χ1) is 14.9. The number of fused-ring (bicyclic) bond motifs is 1. The fraction of sp³-hybridized carbons (Fsp3) is 0. The topological polar surface area (TPSA) is 91.4 Å². The Hall–Kier alpha value is -3.33. The summed E-state index contributed by atoms with van der Waals surface area (Å²) in [4.78, 5) is 17.5. The molecule has 0 saturated carbocycles. The number of amides is 1. The highest BCUT2D eigenvalue weighted by Gasteiger charge is 2.18. The number of pyridine rings is 1. The minimum atomic E-state index is -2.44. The van der Waals surface area contributed by atoms with Crippen LogP contribution in [-0.2, 0) is 11.1 Å². The monoisotopic (exact) mass is 455 g/mol. The van der Waals surface area contributed by atoms with E-state index >= 15 is 0 Å². The van der Waals surface area contributed by atoms with Gasteiger partial charge in [-0.15, -0.1) is 0 Å². The third-order valence-electron chi connectivity index (χ3n) is 4.32. The van der Waals surface area contributed by atoms with Crippen LogP contribution in [0.3, 0.4) is 0 Å². The molecule has 6 nitrogen and oxygen atoms in total. The highest BCUT2D eigenvalue weighted by atomic mass is 35.5. The Morgan fingerprint density at radius 1 is 1.06 bits per heavy atom. The van der Waals surface area contributed by atoms with Crippen LogP contribution in [0, 0.1) is 5.82 Å². The maximum Gasteiger partial charge on any atom is 0.261 e. The molecule has 0 spiro atoms. The van der Waals surface area contributed by atoms with Crippen LogP contribution in [0.4, 0.5) is 10.1 Å². The SMILES string of the molecule is O=C(Nc1cccc(S(=O)[O-])c1)c1cc2ccccc2nc1Oc1ccc(F)cc1Cl. The lowest BCUT2D eigenvalue weighted by Crippen LogP contribution is -2.14. The molecule has 1 N–H and O–H groups in total. The number of anilines is 1. The van der Waals surface area contributed by atoms with Crippen molar-refractivity contribution in [2.75, 3.05) is 5.32 Å². The maximum absolute atomic E-state index is 13.4. The molecule has 1 aromatic heterocycles. The van der Waals surface area contributed by atoms with Crippen molar-refractivity contribution >= 4 is 45.2 Å². The summed E-state index contributed by atoms with van der Waals surface area (Å²) in [6, 6.07) is 18.1. The van der Waals surface area contributed by atoms with Crippen molar-refractivity contribution in [2.24, 2.45) is 0 Å². The minimum Gasteiger partial charge on any atom is -0.768 e. The number of carbonyl (C=O) groups excluding carboxylic acids is 1. The average molecular weight is 456 g/mol. The number of para-hydroxylation sites is 1. The molecule has 0 aliphatic carbocycles. The van der Waals surface area contributed by atoms with Crippen LogP contribution < -0.4 is 10.1 Å². The van der Waals surface area contributed by atoms with Crippen LogP contribution in [0.5, 0.6) is 11.6 Å². The number of hydrogen-bond donors (Lipinski definition) is 1. The standard InChI is InChI=1S/C22H14ClFN2O4S/c23-18-11-14(24)8-9-20(18)30-22-17(10-13-4-1-2-7-19(13)26-22)21(27)25-15-5-3-6-16(12-15)31(28)29/h1-12H,(H,25,27)(H,28,29)/p-1. The summed E-state index contributed by atoms with van der Waals surface area (Å²) >= 11 is 3.62. The van der Waals surface area contributed by atoms with Crippen molar-refractivity contribution in [1.82, 2.24) is 4.98 Å². The second-order valence-corrected chi connectivity index (χ2v) is 7.78. The van der Waals surface area contributed by atoms with E-state index < -0.39 is 22.8 Å². The highest BCUT2D eigenvalue weighted by molar-refractivity contribution is 7.79. The van der Waals surface area contributed by atoms with E-state index in [1.807, 2.05) is 0 Å². The molecule has 0 radical (unpaired) electrons. The number of nitrogens with one attached hydrogen (secondary N) is 1. The van der Waals surface area contributed by atoms with E-state index in [4.69, 9.17) is 16.3 Å². The summed E-state index contributed by atoms with van der Waals surface area (Å²) in [5.41, 5.74) is 0.953. The molecule has 1 atom stereocenters. The smallest absolute Gasteiger partial charge is 0.261 e. The van der Waals surface area contributed by atoms with Crippen molar-refractivity contribution in [3.8, 4) is 11.6 Å². The van der Waals surface area contributed by atoms with Gasteiger partial charge in [0, 0.05) is 16.0 Å². The van der Waals surface area contributed by atoms with Gasteiger partial charge in [0.05, 0.1) is 10.5 Å². The largest absolute Gasteiger partial charge is 0.768 e. The fourth-order valence-corrected chi connectivity index (χ4v) is 3.50. The second-order valence-electron chi connectivity index (χ2n) is 6.43. The van der Waals surface area contributed by atoms with Crippen molar-refractivity contribution in [3.63, 3.8) is 0 Å². The van der Waals surface area contributed by atoms with Gasteiger partial charge < -0.3 is 14.6 Å². The number of hydrogen-bond acceptors (Lipinski definition) is 5. The molecule has 1 amide bonds. The van der Waals surface area contributed by atoms with E-state index in [9.17, 15) is 17.9 Å². The van der Waals surface area contributed by atoms with E-state index in [2.05, 4.69) is 10.3 Å². The van der Waals surface area contributed by atoms with Crippen LogP contribution in [0.1, 0.15) is 10.4 Å². The predicted octanol–water partition coefficient (Wildman–Crippen LogP) is 5.31. The zero-order valence-corrected chi connectivity index (χ0v) is 17.2. The highest BCUT2D eigenvalue weighted by Crippen LogP contribution is 2.32. The van der Waals surface area contributed by atoms with Crippen molar-refractivity contribution in [1.29, 1.82) is 0 Å². The lowest BCUT2D eigenvalue weighted by Gasteiger charge is -2.13. The van der Waals surface area contributed by atoms with E-state index in [0.29, 0.717) is 10.9 Å². The van der Waals surface area contributed by atoms with Crippen molar-refractivity contribution < 1.29 is 22.7 Å². The number of halogens is 2. The van der Waals surface area contributed by atoms with E-state index in [1.54, 1.807) is 36.4 Å².